The van der Waals surface area contributed by atoms with Crippen molar-refractivity contribution in [2.75, 3.05) is 11.9 Å². The van der Waals surface area contributed by atoms with Gasteiger partial charge in [0.15, 0.2) is 11.9 Å². The van der Waals surface area contributed by atoms with Crippen LogP contribution in [-0.2, 0) is 29.1 Å². The van der Waals surface area contributed by atoms with Crippen molar-refractivity contribution in [3.05, 3.63) is 24.3 Å². The zero-order valence-corrected chi connectivity index (χ0v) is 14.6. The molecule has 1 aromatic carbocycles. The molecule has 1 atom stereocenters. The number of hydrogen-bond acceptors (Lipinski definition) is 6. The predicted octanol–water partition coefficient (Wildman–Crippen LogP) is 0.978. The number of nitrogens with one attached hydrogen (secondary N) is 2. The molecule has 0 aromatic heterocycles. The summed E-state index contributed by atoms with van der Waals surface area (Å²) in [5.74, 6) is -1.19. The second-order valence-electron chi connectivity index (χ2n) is 5.72. The molecule has 1 fully saturated rings. The summed E-state index contributed by atoms with van der Waals surface area (Å²) in [5.41, 5.74) is 0.460. The number of ketones is 1. The molecule has 0 aliphatic heterocycles. The number of amides is 1. The van der Waals surface area contributed by atoms with Crippen LogP contribution in [0.2, 0.25) is 0 Å². The van der Waals surface area contributed by atoms with Gasteiger partial charge in [-0.2, -0.15) is 4.72 Å². The summed E-state index contributed by atoms with van der Waals surface area (Å²) >= 11 is 0. The topological polar surface area (TPSA) is 119 Å². The minimum atomic E-state index is -3.90. The lowest BCUT2D eigenvalue weighted by atomic mass is 9.96. The summed E-state index contributed by atoms with van der Waals surface area (Å²) < 4.78 is 31.5. The molecule has 1 saturated carbocycles. The van der Waals surface area contributed by atoms with Gasteiger partial charge in [-0.25, -0.2) is 8.42 Å². The first-order valence-corrected chi connectivity index (χ1v) is 9.36. The van der Waals surface area contributed by atoms with Crippen LogP contribution >= 0.6 is 0 Å². The number of hydrogen-bond donors (Lipinski definition) is 2. The third-order valence-corrected chi connectivity index (χ3v) is 5.08. The van der Waals surface area contributed by atoms with Gasteiger partial charge >= 0.3 is 5.97 Å². The van der Waals surface area contributed by atoms with E-state index >= 15 is 0 Å². The molecular weight excluding hydrogens is 348 g/mol. The van der Waals surface area contributed by atoms with Gasteiger partial charge in [-0.3, -0.25) is 14.4 Å². The smallest absolute Gasteiger partial charge is 0.321 e. The standard InChI is InChI=1S/C16H20N2O6S/c1-11(19)18-12-6-8-13(9-7-12)25(22,23)17-10-16(21)24-15-5-3-2-4-14(15)20/h6-9,15,17H,2-5,10H2,1H3,(H,18,19)/t15-/m1/s1. The molecule has 0 bridgehead atoms. The summed E-state index contributed by atoms with van der Waals surface area (Å²) in [4.78, 5) is 34.3. The van der Waals surface area contributed by atoms with Crippen molar-refractivity contribution in [3.8, 4) is 0 Å². The Morgan fingerprint density at radius 1 is 1.20 bits per heavy atom. The zero-order chi connectivity index (χ0) is 18.4. The quantitative estimate of drug-likeness (QED) is 0.723. The van der Waals surface area contributed by atoms with Gasteiger partial charge in [0.2, 0.25) is 15.9 Å². The third-order valence-electron chi connectivity index (χ3n) is 3.66. The molecule has 2 N–H and O–H groups in total. The van der Waals surface area contributed by atoms with Gasteiger partial charge in [-0.15, -0.1) is 0 Å². The van der Waals surface area contributed by atoms with Crippen LogP contribution in [0.25, 0.3) is 0 Å². The highest BCUT2D eigenvalue weighted by Crippen LogP contribution is 2.17. The van der Waals surface area contributed by atoms with E-state index in [4.69, 9.17) is 4.74 Å². The minimum Gasteiger partial charge on any atom is -0.453 e. The Balaban J connectivity index is 1.91. The Morgan fingerprint density at radius 3 is 2.48 bits per heavy atom. The largest absolute Gasteiger partial charge is 0.453 e. The van der Waals surface area contributed by atoms with Crippen LogP contribution in [0, 0.1) is 0 Å². The predicted molar refractivity (Wildman–Crippen MR) is 89.3 cm³/mol. The van der Waals surface area contributed by atoms with E-state index in [9.17, 15) is 22.8 Å². The minimum absolute atomic E-state index is 0.0526. The Labute approximate surface area is 146 Å². The average molecular weight is 368 g/mol. The fourth-order valence-electron chi connectivity index (χ4n) is 2.43. The number of carbonyl (C=O) groups is 3. The Hall–Kier alpha value is -2.26. The number of Topliss-reactive ketones (excluding diaryl/α,β-unsaturated/α-hetero) is 1. The van der Waals surface area contributed by atoms with E-state index in [0.29, 0.717) is 18.5 Å². The lowest BCUT2D eigenvalue weighted by Gasteiger charge is -2.20. The highest BCUT2D eigenvalue weighted by Gasteiger charge is 2.26. The van der Waals surface area contributed by atoms with Gasteiger partial charge in [0.25, 0.3) is 0 Å². The molecule has 0 radical (unpaired) electrons. The zero-order valence-electron chi connectivity index (χ0n) is 13.8. The summed E-state index contributed by atoms with van der Waals surface area (Å²) in [5, 5.41) is 2.52. The summed E-state index contributed by atoms with van der Waals surface area (Å²) in [6, 6.07) is 5.50. The molecule has 1 aliphatic carbocycles. The molecular formula is C16H20N2O6S. The molecule has 9 heteroatoms. The molecule has 1 aromatic rings. The summed E-state index contributed by atoms with van der Waals surface area (Å²) in [6.45, 7) is 0.786. The van der Waals surface area contributed by atoms with Crippen LogP contribution in [0.15, 0.2) is 29.2 Å². The molecule has 0 unspecified atom stereocenters. The van der Waals surface area contributed by atoms with Crippen LogP contribution in [0.4, 0.5) is 5.69 Å². The Morgan fingerprint density at radius 2 is 1.88 bits per heavy atom. The number of esters is 1. The SMILES string of the molecule is CC(=O)Nc1ccc(S(=O)(=O)NCC(=O)O[C@@H]2CCCCC2=O)cc1. The molecule has 0 saturated heterocycles. The van der Waals surface area contributed by atoms with Crippen molar-refractivity contribution in [2.24, 2.45) is 0 Å². The lowest BCUT2D eigenvalue weighted by molar-refractivity contribution is -0.155. The monoisotopic (exact) mass is 368 g/mol. The molecule has 8 nitrogen and oxygen atoms in total. The van der Waals surface area contributed by atoms with E-state index in [2.05, 4.69) is 10.0 Å². The Bertz CT molecular complexity index is 757. The van der Waals surface area contributed by atoms with Crippen LogP contribution in [-0.4, -0.2) is 38.7 Å². The highest BCUT2D eigenvalue weighted by molar-refractivity contribution is 7.89. The van der Waals surface area contributed by atoms with Crippen LogP contribution < -0.4 is 10.0 Å². The number of rotatable bonds is 6. The first kappa shape index (κ1) is 19.1. The van der Waals surface area contributed by atoms with Crippen molar-refractivity contribution in [2.45, 2.75) is 43.6 Å². The fraction of sp³-hybridized carbons (Fsp3) is 0.438. The van der Waals surface area contributed by atoms with Crippen molar-refractivity contribution in [3.63, 3.8) is 0 Å². The number of ether oxygens (including phenoxy) is 1. The maximum absolute atomic E-state index is 12.2. The van der Waals surface area contributed by atoms with Crippen molar-refractivity contribution in [1.29, 1.82) is 0 Å². The highest BCUT2D eigenvalue weighted by atomic mass is 32.2. The van der Waals surface area contributed by atoms with Crippen molar-refractivity contribution in [1.82, 2.24) is 4.72 Å². The Kier molecular flexibility index (Phi) is 6.27. The number of benzene rings is 1. The molecule has 136 valence electrons. The van der Waals surface area contributed by atoms with E-state index in [1.165, 1.54) is 31.2 Å². The van der Waals surface area contributed by atoms with E-state index < -0.39 is 28.6 Å². The number of anilines is 1. The van der Waals surface area contributed by atoms with Gasteiger partial charge in [-0.05, 0) is 43.5 Å². The van der Waals surface area contributed by atoms with Crippen LogP contribution in [0.1, 0.15) is 32.6 Å². The van der Waals surface area contributed by atoms with E-state index in [-0.39, 0.29) is 16.6 Å². The number of sulfonamides is 1. The third kappa shape index (κ3) is 5.64. The normalized spacial score (nSPS) is 17.8. The molecule has 0 heterocycles. The number of carbonyl (C=O) groups excluding carboxylic acids is 3. The maximum Gasteiger partial charge on any atom is 0.321 e. The fourth-order valence-corrected chi connectivity index (χ4v) is 3.40. The first-order chi connectivity index (χ1) is 11.8. The van der Waals surface area contributed by atoms with Crippen LogP contribution in [0.5, 0.6) is 0 Å². The van der Waals surface area contributed by atoms with Gasteiger partial charge in [-0.1, -0.05) is 0 Å². The van der Waals surface area contributed by atoms with Gasteiger partial charge in [0.05, 0.1) is 4.90 Å². The van der Waals surface area contributed by atoms with Crippen LogP contribution in [0.3, 0.4) is 0 Å². The average Bonchev–Trinajstić information content (AvgIpc) is 2.55. The second kappa shape index (κ2) is 8.21. The molecule has 1 amide bonds. The lowest BCUT2D eigenvalue weighted by Crippen LogP contribution is -2.36. The molecule has 25 heavy (non-hydrogen) atoms. The summed E-state index contributed by atoms with van der Waals surface area (Å²) in [7, 11) is -3.90. The van der Waals surface area contributed by atoms with E-state index in [1.54, 1.807) is 0 Å². The second-order valence-corrected chi connectivity index (χ2v) is 7.49. The molecule has 1 aliphatic rings. The van der Waals surface area contributed by atoms with Gasteiger partial charge in [0.1, 0.15) is 6.54 Å². The van der Waals surface area contributed by atoms with E-state index in [1.807, 2.05) is 0 Å². The van der Waals surface area contributed by atoms with Gasteiger partial charge < -0.3 is 10.1 Å². The summed E-state index contributed by atoms with van der Waals surface area (Å²) in [6.07, 6.45) is 1.67. The first-order valence-electron chi connectivity index (χ1n) is 7.87. The molecule has 2 rings (SSSR count). The van der Waals surface area contributed by atoms with Gasteiger partial charge in [0, 0.05) is 19.0 Å². The van der Waals surface area contributed by atoms with Crippen molar-refractivity contribution >= 4 is 33.4 Å². The van der Waals surface area contributed by atoms with E-state index in [0.717, 1.165) is 12.8 Å². The van der Waals surface area contributed by atoms with Crippen molar-refractivity contribution < 1.29 is 27.5 Å². The molecule has 0 spiro atoms. The maximum atomic E-state index is 12.2.